The van der Waals surface area contributed by atoms with E-state index in [1.165, 1.54) is 25.9 Å². The molecule has 0 aromatic heterocycles. The fourth-order valence-corrected chi connectivity index (χ4v) is 3.57. The van der Waals surface area contributed by atoms with Crippen LogP contribution in [0.2, 0.25) is 0 Å². The molecule has 110 valence electrons. The Morgan fingerprint density at radius 1 is 1.26 bits per heavy atom. The zero-order valence-corrected chi connectivity index (χ0v) is 13.0. The quantitative estimate of drug-likeness (QED) is 0.792. The third kappa shape index (κ3) is 3.80. The smallest absolute Gasteiger partial charge is 0.0787 e. The van der Waals surface area contributed by atoms with Crippen LogP contribution < -0.4 is 5.32 Å². The van der Waals surface area contributed by atoms with Crippen LogP contribution in [0.3, 0.4) is 0 Å². The van der Waals surface area contributed by atoms with E-state index in [1.54, 1.807) is 0 Å². The highest BCUT2D eigenvalue weighted by molar-refractivity contribution is 5.00. The molecule has 1 unspecified atom stereocenters. The molecule has 0 spiro atoms. The average molecular weight is 266 g/mol. The maximum Gasteiger partial charge on any atom is 0.0787 e. The highest BCUT2D eigenvalue weighted by atomic mass is 16.5. The molecule has 3 nitrogen and oxygen atoms in total. The Kier molecular flexibility index (Phi) is 4.38. The van der Waals surface area contributed by atoms with Gasteiger partial charge in [-0.05, 0) is 60.0 Å². The van der Waals surface area contributed by atoms with E-state index in [0.29, 0.717) is 12.1 Å². The number of likely N-dealkylation sites (tertiary alicyclic amines) is 1. The molecule has 2 aliphatic heterocycles. The van der Waals surface area contributed by atoms with Gasteiger partial charge in [0, 0.05) is 18.6 Å². The van der Waals surface area contributed by atoms with Crippen molar-refractivity contribution in [2.75, 3.05) is 19.6 Å². The van der Waals surface area contributed by atoms with E-state index in [2.05, 4.69) is 44.5 Å². The topological polar surface area (TPSA) is 24.5 Å². The van der Waals surface area contributed by atoms with E-state index in [9.17, 15) is 0 Å². The molecule has 2 rings (SSSR count). The molecule has 0 bridgehead atoms. The van der Waals surface area contributed by atoms with Crippen molar-refractivity contribution in [3.8, 4) is 0 Å². The SMILES string of the molecule is C=CCN1CCC(NC2CC(C)(C)OC2(C)C)CC1. The predicted molar refractivity (Wildman–Crippen MR) is 80.4 cm³/mol. The average Bonchev–Trinajstić information content (AvgIpc) is 2.50. The molecule has 3 heteroatoms. The van der Waals surface area contributed by atoms with E-state index in [4.69, 9.17) is 4.74 Å². The van der Waals surface area contributed by atoms with Crippen LogP contribution in [-0.2, 0) is 4.74 Å². The molecule has 19 heavy (non-hydrogen) atoms. The molecule has 0 aromatic rings. The summed E-state index contributed by atoms with van der Waals surface area (Å²) in [6.45, 7) is 16.0. The molecule has 2 saturated heterocycles. The van der Waals surface area contributed by atoms with Crippen molar-refractivity contribution in [3.05, 3.63) is 12.7 Å². The van der Waals surface area contributed by atoms with Crippen molar-refractivity contribution in [2.24, 2.45) is 0 Å². The van der Waals surface area contributed by atoms with Crippen LogP contribution in [0.4, 0.5) is 0 Å². The summed E-state index contributed by atoms with van der Waals surface area (Å²) in [7, 11) is 0. The first kappa shape index (κ1) is 15.0. The fraction of sp³-hybridized carbons (Fsp3) is 0.875. The first-order valence-electron chi connectivity index (χ1n) is 7.62. The van der Waals surface area contributed by atoms with Crippen molar-refractivity contribution < 1.29 is 4.74 Å². The van der Waals surface area contributed by atoms with Crippen molar-refractivity contribution in [3.63, 3.8) is 0 Å². The van der Waals surface area contributed by atoms with Gasteiger partial charge in [0.15, 0.2) is 0 Å². The number of ether oxygens (including phenoxy) is 1. The second-order valence-electron chi connectivity index (χ2n) is 7.25. The lowest BCUT2D eigenvalue weighted by atomic mass is 9.92. The molecule has 0 amide bonds. The summed E-state index contributed by atoms with van der Waals surface area (Å²) >= 11 is 0. The largest absolute Gasteiger partial charge is 0.368 e. The Labute approximate surface area is 118 Å². The van der Waals surface area contributed by atoms with E-state index < -0.39 is 0 Å². The first-order chi connectivity index (χ1) is 8.82. The number of piperidine rings is 1. The lowest BCUT2D eigenvalue weighted by Crippen LogP contribution is -2.51. The van der Waals surface area contributed by atoms with Crippen molar-refractivity contribution in [2.45, 2.75) is 70.2 Å². The van der Waals surface area contributed by atoms with E-state index in [1.807, 2.05) is 6.08 Å². The Balaban J connectivity index is 1.84. The van der Waals surface area contributed by atoms with Crippen LogP contribution in [0.25, 0.3) is 0 Å². The van der Waals surface area contributed by atoms with E-state index >= 15 is 0 Å². The molecular formula is C16H30N2O. The molecule has 0 aromatic carbocycles. The summed E-state index contributed by atoms with van der Waals surface area (Å²) in [5.74, 6) is 0. The predicted octanol–water partition coefficient (Wildman–Crippen LogP) is 2.57. The van der Waals surface area contributed by atoms with Gasteiger partial charge in [0.1, 0.15) is 0 Å². The maximum atomic E-state index is 6.16. The molecule has 0 saturated carbocycles. The van der Waals surface area contributed by atoms with Crippen LogP contribution in [0.1, 0.15) is 47.0 Å². The Bertz CT molecular complexity index is 317. The second kappa shape index (κ2) is 5.55. The van der Waals surface area contributed by atoms with Crippen LogP contribution >= 0.6 is 0 Å². The van der Waals surface area contributed by atoms with Crippen molar-refractivity contribution >= 4 is 0 Å². The number of nitrogens with zero attached hydrogens (tertiary/aromatic N) is 1. The van der Waals surface area contributed by atoms with Crippen LogP contribution in [0, 0.1) is 0 Å². The van der Waals surface area contributed by atoms with E-state index in [0.717, 1.165) is 13.0 Å². The fourth-order valence-electron chi connectivity index (χ4n) is 3.57. The molecule has 2 aliphatic rings. The summed E-state index contributed by atoms with van der Waals surface area (Å²) in [5.41, 5.74) is -0.0491. The maximum absolute atomic E-state index is 6.16. The molecule has 1 N–H and O–H groups in total. The van der Waals surface area contributed by atoms with Gasteiger partial charge >= 0.3 is 0 Å². The van der Waals surface area contributed by atoms with Crippen LogP contribution in [0.15, 0.2) is 12.7 Å². The zero-order chi connectivity index (χ0) is 14.1. The second-order valence-corrected chi connectivity index (χ2v) is 7.25. The lowest BCUT2D eigenvalue weighted by Gasteiger charge is -2.36. The number of hydrogen-bond donors (Lipinski definition) is 1. The molecule has 1 atom stereocenters. The van der Waals surface area contributed by atoms with Crippen molar-refractivity contribution in [1.82, 2.24) is 10.2 Å². The molecule has 2 fully saturated rings. The molecular weight excluding hydrogens is 236 g/mol. The van der Waals surface area contributed by atoms with Gasteiger partial charge in [-0.15, -0.1) is 6.58 Å². The normalized spacial score (nSPS) is 31.5. The molecule has 2 heterocycles. The van der Waals surface area contributed by atoms with Gasteiger partial charge in [0.2, 0.25) is 0 Å². The monoisotopic (exact) mass is 266 g/mol. The number of nitrogens with one attached hydrogen (secondary N) is 1. The molecule has 0 aliphatic carbocycles. The van der Waals surface area contributed by atoms with Gasteiger partial charge in [-0.1, -0.05) is 6.08 Å². The van der Waals surface area contributed by atoms with Gasteiger partial charge in [-0.3, -0.25) is 4.90 Å². The van der Waals surface area contributed by atoms with Gasteiger partial charge in [0.25, 0.3) is 0 Å². The summed E-state index contributed by atoms with van der Waals surface area (Å²) in [6, 6.07) is 1.11. The Morgan fingerprint density at radius 3 is 2.37 bits per heavy atom. The summed E-state index contributed by atoms with van der Waals surface area (Å²) in [6.07, 6.45) is 5.58. The standard InChI is InChI=1S/C16H30N2O/c1-6-9-18-10-7-13(8-11-18)17-14-12-15(2,3)19-16(14,4)5/h6,13-14,17H,1,7-12H2,2-5H3. The minimum Gasteiger partial charge on any atom is -0.368 e. The Hall–Kier alpha value is -0.380. The first-order valence-corrected chi connectivity index (χ1v) is 7.62. The molecule has 0 radical (unpaired) electrons. The van der Waals surface area contributed by atoms with Gasteiger partial charge in [-0.25, -0.2) is 0 Å². The van der Waals surface area contributed by atoms with Crippen LogP contribution in [-0.4, -0.2) is 47.8 Å². The zero-order valence-electron chi connectivity index (χ0n) is 13.0. The summed E-state index contributed by atoms with van der Waals surface area (Å²) in [5, 5.41) is 3.85. The third-order valence-corrected chi connectivity index (χ3v) is 4.49. The lowest BCUT2D eigenvalue weighted by molar-refractivity contribution is -0.0708. The van der Waals surface area contributed by atoms with Gasteiger partial charge < -0.3 is 10.1 Å². The summed E-state index contributed by atoms with van der Waals surface area (Å²) < 4.78 is 6.16. The highest BCUT2D eigenvalue weighted by Gasteiger charge is 2.46. The summed E-state index contributed by atoms with van der Waals surface area (Å²) in [4.78, 5) is 2.48. The minimum absolute atomic E-state index is 0.00467. The number of hydrogen-bond acceptors (Lipinski definition) is 3. The highest BCUT2D eigenvalue weighted by Crippen LogP contribution is 2.37. The van der Waals surface area contributed by atoms with Gasteiger partial charge in [0.05, 0.1) is 11.2 Å². The van der Waals surface area contributed by atoms with Crippen molar-refractivity contribution in [1.29, 1.82) is 0 Å². The van der Waals surface area contributed by atoms with Crippen LogP contribution in [0.5, 0.6) is 0 Å². The third-order valence-electron chi connectivity index (χ3n) is 4.49. The number of rotatable bonds is 4. The minimum atomic E-state index is -0.0538. The van der Waals surface area contributed by atoms with E-state index in [-0.39, 0.29) is 11.2 Å². The Morgan fingerprint density at radius 2 is 1.89 bits per heavy atom. The van der Waals surface area contributed by atoms with Gasteiger partial charge in [-0.2, -0.15) is 0 Å².